The molecule has 1 saturated carbocycles. The topological polar surface area (TPSA) is 35.6 Å². The fourth-order valence-electron chi connectivity index (χ4n) is 3.76. The molecule has 5 heteroatoms. The highest BCUT2D eigenvalue weighted by atomic mass is 32.1. The number of thiocarbonyl (C=S) groups is 1. The number of carbonyl (C=O) groups is 1. The zero-order chi connectivity index (χ0) is 17.8. The van der Waals surface area contributed by atoms with Gasteiger partial charge in [-0.3, -0.25) is 9.69 Å². The lowest BCUT2D eigenvalue weighted by Crippen LogP contribution is -2.41. The highest BCUT2D eigenvalue weighted by molar-refractivity contribution is 7.80. The van der Waals surface area contributed by atoms with Crippen LogP contribution in [0.5, 0.6) is 0 Å². The lowest BCUT2D eigenvalue weighted by molar-refractivity contribution is -0.124. The van der Waals surface area contributed by atoms with Crippen molar-refractivity contribution in [3.05, 3.63) is 35.5 Å². The van der Waals surface area contributed by atoms with Crippen molar-refractivity contribution in [2.45, 2.75) is 52.0 Å². The Morgan fingerprint density at radius 3 is 2.40 bits per heavy atom. The largest absolute Gasteiger partial charge is 0.372 e. The summed E-state index contributed by atoms with van der Waals surface area (Å²) in [5, 5.41) is 3.68. The summed E-state index contributed by atoms with van der Waals surface area (Å²) in [6.45, 7) is 6.28. The van der Waals surface area contributed by atoms with Gasteiger partial charge in [0.15, 0.2) is 5.11 Å². The second kappa shape index (κ2) is 8.00. The predicted molar refractivity (Wildman–Crippen MR) is 107 cm³/mol. The van der Waals surface area contributed by atoms with Crippen molar-refractivity contribution in [1.29, 1.82) is 0 Å². The molecule has 0 radical (unpaired) electrons. The SMILES string of the molecule is CCN(CC)c1ccc(C=C2NC(=S)N(C3CCCCC3)C2=O)cc1. The summed E-state index contributed by atoms with van der Waals surface area (Å²) in [5.74, 6) is 0.0183. The Kier molecular flexibility index (Phi) is 5.74. The summed E-state index contributed by atoms with van der Waals surface area (Å²) in [4.78, 5) is 16.9. The van der Waals surface area contributed by atoms with E-state index < -0.39 is 0 Å². The summed E-state index contributed by atoms with van der Waals surface area (Å²) in [6.07, 6.45) is 7.65. The Labute approximate surface area is 155 Å². The molecule has 1 N–H and O–H groups in total. The van der Waals surface area contributed by atoms with E-state index in [1.54, 1.807) is 4.90 Å². The molecule has 0 atom stereocenters. The molecular weight excluding hydrogens is 330 g/mol. The van der Waals surface area contributed by atoms with Crippen molar-refractivity contribution in [2.24, 2.45) is 0 Å². The summed E-state index contributed by atoms with van der Waals surface area (Å²) in [5.41, 5.74) is 2.81. The van der Waals surface area contributed by atoms with E-state index in [0.717, 1.165) is 31.5 Å². The van der Waals surface area contributed by atoms with E-state index in [9.17, 15) is 4.79 Å². The normalized spacial score (nSPS) is 20.2. The Morgan fingerprint density at radius 2 is 1.80 bits per heavy atom. The zero-order valence-electron chi connectivity index (χ0n) is 15.1. The van der Waals surface area contributed by atoms with Gasteiger partial charge in [-0.15, -0.1) is 0 Å². The van der Waals surface area contributed by atoms with Crippen molar-refractivity contribution in [3.8, 4) is 0 Å². The Bertz CT molecular complexity index is 658. The van der Waals surface area contributed by atoms with Gasteiger partial charge in [0.1, 0.15) is 5.70 Å². The molecule has 1 heterocycles. The van der Waals surface area contributed by atoms with Crippen LogP contribution in [-0.2, 0) is 4.79 Å². The van der Waals surface area contributed by atoms with Crippen LogP contribution in [0.2, 0.25) is 0 Å². The second-order valence-corrected chi connectivity index (χ2v) is 7.11. The average Bonchev–Trinajstić information content (AvgIpc) is 2.91. The summed E-state index contributed by atoms with van der Waals surface area (Å²) in [7, 11) is 0. The number of carbonyl (C=O) groups excluding carboxylic acids is 1. The smallest absolute Gasteiger partial charge is 0.276 e. The molecule has 0 aromatic heterocycles. The highest BCUT2D eigenvalue weighted by Gasteiger charge is 2.36. The number of nitrogens with one attached hydrogen (secondary N) is 1. The number of hydrogen-bond donors (Lipinski definition) is 1. The fourth-order valence-corrected chi connectivity index (χ4v) is 4.10. The minimum absolute atomic E-state index is 0.0183. The molecule has 1 amide bonds. The first-order chi connectivity index (χ1) is 12.1. The van der Waals surface area contributed by atoms with Gasteiger partial charge < -0.3 is 10.2 Å². The van der Waals surface area contributed by atoms with Gasteiger partial charge in [0.2, 0.25) is 0 Å². The lowest BCUT2D eigenvalue weighted by atomic mass is 9.94. The molecule has 1 aromatic carbocycles. The summed E-state index contributed by atoms with van der Waals surface area (Å²) < 4.78 is 0. The van der Waals surface area contributed by atoms with Crippen LogP contribution in [0.25, 0.3) is 6.08 Å². The molecule has 4 nitrogen and oxygen atoms in total. The van der Waals surface area contributed by atoms with Crippen LogP contribution < -0.4 is 10.2 Å². The molecule has 134 valence electrons. The first-order valence-corrected chi connectivity index (χ1v) is 9.76. The first-order valence-electron chi connectivity index (χ1n) is 9.35. The van der Waals surface area contributed by atoms with Crippen LogP contribution in [0, 0.1) is 0 Å². The number of nitrogens with zero attached hydrogens (tertiary/aromatic N) is 2. The number of anilines is 1. The standard InChI is InChI=1S/C20H27N3OS/c1-3-22(4-2)16-12-10-15(11-13-16)14-18-19(24)23(20(25)21-18)17-8-6-5-7-9-17/h10-14,17H,3-9H2,1-2H3,(H,21,25). The fraction of sp³-hybridized carbons (Fsp3) is 0.500. The van der Waals surface area contributed by atoms with E-state index in [-0.39, 0.29) is 11.9 Å². The molecule has 2 fully saturated rings. The molecular formula is C20H27N3OS. The van der Waals surface area contributed by atoms with E-state index in [1.807, 2.05) is 6.08 Å². The van der Waals surface area contributed by atoms with Gasteiger partial charge in [0.25, 0.3) is 5.91 Å². The molecule has 1 aliphatic heterocycles. The van der Waals surface area contributed by atoms with Crippen molar-refractivity contribution in [1.82, 2.24) is 10.2 Å². The van der Waals surface area contributed by atoms with Crippen LogP contribution in [0.4, 0.5) is 5.69 Å². The third-order valence-electron chi connectivity index (χ3n) is 5.18. The van der Waals surface area contributed by atoms with E-state index >= 15 is 0 Å². The molecule has 1 aliphatic carbocycles. The maximum atomic E-state index is 12.8. The van der Waals surface area contributed by atoms with Gasteiger partial charge in [0, 0.05) is 24.8 Å². The van der Waals surface area contributed by atoms with Gasteiger partial charge in [-0.25, -0.2) is 0 Å². The van der Waals surface area contributed by atoms with E-state index in [0.29, 0.717) is 10.8 Å². The van der Waals surface area contributed by atoms with E-state index in [2.05, 4.69) is 48.3 Å². The maximum absolute atomic E-state index is 12.8. The second-order valence-electron chi connectivity index (χ2n) is 6.72. The molecule has 0 bridgehead atoms. The van der Waals surface area contributed by atoms with Crippen LogP contribution in [0.1, 0.15) is 51.5 Å². The molecule has 0 unspecified atom stereocenters. The van der Waals surface area contributed by atoms with Crippen molar-refractivity contribution in [3.63, 3.8) is 0 Å². The van der Waals surface area contributed by atoms with Crippen molar-refractivity contribution in [2.75, 3.05) is 18.0 Å². The van der Waals surface area contributed by atoms with Crippen molar-refractivity contribution >= 4 is 35.0 Å². The number of rotatable bonds is 5. The Morgan fingerprint density at radius 1 is 1.16 bits per heavy atom. The van der Waals surface area contributed by atoms with Crippen LogP contribution in [0.15, 0.2) is 30.0 Å². The molecule has 25 heavy (non-hydrogen) atoms. The monoisotopic (exact) mass is 357 g/mol. The first kappa shape index (κ1) is 17.9. The van der Waals surface area contributed by atoms with Gasteiger partial charge in [0.05, 0.1) is 0 Å². The highest BCUT2D eigenvalue weighted by Crippen LogP contribution is 2.27. The Balaban J connectivity index is 1.75. The zero-order valence-corrected chi connectivity index (χ0v) is 15.9. The molecule has 0 spiro atoms. The van der Waals surface area contributed by atoms with Gasteiger partial charge in [-0.05, 0) is 62.7 Å². The van der Waals surface area contributed by atoms with Crippen molar-refractivity contribution < 1.29 is 4.79 Å². The van der Waals surface area contributed by atoms with Gasteiger partial charge in [-0.2, -0.15) is 0 Å². The average molecular weight is 358 g/mol. The van der Waals surface area contributed by atoms with E-state index in [1.165, 1.54) is 24.9 Å². The third-order valence-corrected chi connectivity index (χ3v) is 5.48. The van der Waals surface area contributed by atoms with Gasteiger partial charge >= 0.3 is 0 Å². The van der Waals surface area contributed by atoms with Gasteiger partial charge in [-0.1, -0.05) is 31.4 Å². The number of amides is 1. The summed E-state index contributed by atoms with van der Waals surface area (Å²) in [6, 6.07) is 8.59. The third kappa shape index (κ3) is 3.87. The minimum Gasteiger partial charge on any atom is -0.372 e. The number of hydrogen-bond acceptors (Lipinski definition) is 3. The number of benzene rings is 1. The minimum atomic E-state index is 0.0183. The summed E-state index contributed by atoms with van der Waals surface area (Å²) >= 11 is 5.42. The molecule has 2 aliphatic rings. The van der Waals surface area contributed by atoms with Crippen LogP contribution in [0.3, 0.4) is 0 Å². The molecule has 1 saturated heterocycles. The maximum Gasteiger partial charge on any atom is 0.276 e. The lowest BCUT2D eigenvalue weighted by Gasteiger charge is -2.29. The molecule has 3 rings (SSSR count). The van der Waals surface area contributed by atoms with Crippen LogP contribution in [-0.4, -0.2) is 35.1 Å². The molecule has 1 aromatic rings. The Hall–Kier alpha value is -1.88. The predicted octanol–water partition coefficient (Wildman–Crippen LogP) is 3.92. The van der Waals surface area contributed by atoms with E-state index in [4.69, 9.17) is 12.2 Å². The van der Waals surface area contributed by atoms with Crippen LogP contribution >= 0.6 is 12.2 Å². The quantitative estimate of drug-likeness (QED) is 0.640.